The normalized spacial score (nSPS) is 22.3. The Morgan fingerprint density at radius 3 is 2.74 bits per heavy atom. The third kappa shape index (κ3) is 3.24. The third-order valence-electron chi connectivity index (χ3n) is 3.28. The molecule has 0 aliphatic carbocycles. The maximum absolute atomic E-state index is 11.9. The van der Waals surface area contributed by atoms with Crippen LogP contribution in [0.1, 0.15) is 18.6 Å². The molecule has 0 aromatic heterocycles. The molecule has 19 heavy (non-hydrogen) atoms. The molecule has 2 atom stereocenters. The predicted octanol–water partition coefficient (Wildman–Crippen LogP) is 1.66. The zero-order valence-electron chi connectivity index (χ0n) is 11.1. The molecule has 1 fully saturated rings. The fourth-order valence-electron chi connectivity index (χ4n) is 2.31. The van der Waals surface area contributed by atoms with Gasteiger partial charge in [-0.15, -0.1) is 0 Å². The van der Waals surface area contributed by atoms with Crippen molar-refractivity contribution in [3.63, 3.8) is 0 Å². The third-order valence-corrected chi connectivity index (χ3v) is 5.92. The standard InChI is InChI=1S/C13H19NO3S2/c1-10(15)11-5-3-4-6-12(11)14-7-8-18-9-13(14)19(2,16)17/h3-6,10,13,15H,7-9H2,1-2H3/t10-,13?/m0/s1. The number of hydrogen-bond donors (Lipinski definition) is 1. The van der Waals surface area contributed by atoms with Crippen LogP contribution in [-0.4, -0.2) is 43.2 Å². The van der Waals surface area contributed by atoms with E-state index in [9.17, 15) is 13.5 Å². The highest BCUT2D eigenvalue weighted by molar-refractivity contribution is 8.01. The van der Waals surface area contributed by atoms with Gasteiger partial charge in [-0.25, -0.2) is 8.42 Å². The van der Waals surface area contributed by atoms with E-state index in [4.69, 9.17) is 0 Å². The minimum absolute atomic E-state index is 0.508. The van der Waals surface area contributed by atoms with E-state index >= 15 is 0 Å². The molecule has 0 amide bonds. The smallest absolute Gasteiger partial charge is 0.169 e. The summed E-state index contributed by atoms with van der Waals surface area (Å²) >= 11 is 1.66. The van der Waals surface area contributed by atoms with E-state index in [1.807, 2.05) is 29.2 Å². The van der Waals surface area contributed by atoms with Crippen LogP contribution in [0.5, 0.6) is 0 Å². The highest BCUT2D eigenvalue weighted by atomic mass is 32.2. The summed E-state index contributed by atoms with van der Waals surface area (Å²) in [5.41, 5.74) is 1.61. The van der Waals surface area contributed by atoms with Gasteiger partial charge in [0.1, 0.15) is 5.37 Å². The topological polar surface area (TPSA) is 57.6 Å². The second-order valence-electron chi connectivity index (χ2n) is 4.79. The number of nitrogens with zero attached hydrogens (tertiary/aromatic N) is 1. The molecule has 1 aliphatic heterocycles. The van der Waals surface area contributed by atoms with Crippen molar-refractivity contribution in [2.75, 3.05) is 29.2 Å². The number of rotatable bonds is 3. The molecule has 1 aliphatic rings. The summed E-state index contributed by atoms with van der Waals surface area (Å²) < 4.78 is 23.9. The van der Waals surface area contributed by atoms with Gasteiger partial charge in [-0.05, 0) is 13.0 Å². The first-order valence-corrected chi connectivity index (χ1v) is 9.32. The lowest BCUT2D eigenvalue weighted by Gasteiger charge is -2.37. The van der Waals surface area contributed by atoms with Gasteiger partial charge in [0.05, 0.1) is 6.10 Å². The van der Waals surface area contributed by atoms with Crippen molar-refractivity contribution in [3.05, 3.63) is 29.8 Å². The van der Waals surface area contributed by atoms with E-state index in [0.29, 0.717) is 12.3 Å². The van der Waals surface area contributed by atoms with Gasteiger partial charge in [-0.1, -0.05) is 18.2 Å². The van der Waals surface area contributed by atoms with Gasteiger partial charge < -0.3 is 10.0 Å². The summed E-state index contributed by atoms with van der Waals surface area (Å²) in [5, 5.41) is 9.33. The molecule has 2 rings (SSSR count). The molecular formula is C13H19NO3S2. The first-order valence-electron chi connectivity index (χ1n) is 6.21. The minimum atomic E-state index is -3.14. The molecule has 1 N–H and O–H groups in total. The van der Waals surface area contributed by atoms with Crippen LogP contribution >= 0.6 is 11.8 Å². The van der Waals surface area contributed by atoms with Crippen LogP contribution in [0.4, 0.5) is 5.69 Å². The van der Waals surface area contributed by atoms with Crippen molar-refractivity contribution < 1.29 is 13.5 Å². The van der Waals surface area contributed by atoms with E-state index in [0.717, 1.165) is 17.0 Å². The van der Waals surface area contributed by atoms with E-state index in [-0.39, 0.29) is 0 Å². The van der Waals surface area contributed by atoms with Gasteiger partial charge in [0.15, 0.2) is 9.84 Å². The molecule has 1 aromatic carbocycles. The van der Waals surface area contributed by atoms with Crippen LogP contribution < -0.4 is 4.90 Å². The van der Waals surface area contributed by atoms with Crippen LogP contribution in [0, 0.1) is 0 Å². The second kappa shape index (κ2) is 5.73. The van der Waals surface area contributed by atoms with Gasteiger partial charge in [0.2, 0.25) is 0 Å². The fourth-order valence-corrected chi connectivity index (χ4v) is 5.15. The molecule has 0 saturated carbocycles. The minimum Gasteiger partial charge on any atom is -0.389 e. The zero-order valence-corrected chi connectivity index (χ0v) is 12.7. The molecular weight excluding hydrogens is 282 g/mol. The van der Waals surface area contributed by atoms with Crippen LogP contribution in [-0.2, 0) is 9.84 Å². The fraction of sp³-hybridized carbons (Fsp3) is 0.538. The van der Waals surface area contributed by atoms with Gasteiger partial charge in [-0.2, -0.15) is 11.8 Å². The van der Waals surface area contributed by atoms with Gasteiger partial charge in [0.25, 0.3) is 0 Å². The lowest BCUT2D eigenvalue weighted by molar-refractivity contribution is 0.199. The number of sulfone groups is 1. The lowest BCUT2D eigenvalue weighted by Crippen LogP contribution is -2.47. The first-order chi connectivity index (χ1) is 8.91. The molecule has 6 heteroatoms. The number of aliphatic hydroxyl groups is 1. The van der Waals surface area contributed by atoms with E-state index in [1.165, 1.54) is 6.26 Å². The van der Waals surface area contributed by atoms with Crippen molar-refractivity contribution in [1.82, 2.24) is 0 Å². The molecule has 1 aromatic rings. The van der Waals surface area contributed by atoms with Crippen LogP contribution in [0.2, 0.25) is 0 Å². The molecule has 4 nitrogen and oxygen atoms in total. The number of para-hydroxylation sites is 1. The SMILES string of the molecule is C[C@H](O)c1ccccc1N1CCSCC1S(C)(=O)=O. The number of benzene rings is 1. The largest absolute Gasteiger partial charge is 0.389 e. The maximum atomic E-state index is 11.9. The lowest BCUT2D eigenvalue weighted by atomic mass is 10.1. The van der Waals surface area contributed by atoms with Gasteiger partial charge in [-0.3, -0.25) is 0 Å². The summed E-state index contributed by atoms with van der Waals surface area (Å²) in [6.07, 6.45) is 0.674. The van der Waals surface area contributed by atoms with Crippen LogP contribution in [0.15, 0.2) is 24.3 Å². The Hall–Kier alpha value is -0.720. The summed E-state index contributed by atoms with van der Waals surface area (Å²) in [6, 6.07) is 7.47. The molecule has 0 bridgehead atoms. The number of hydrogen-bond acceptors (Lipinski definition) is 5. The predicted molar refractivity (Wildman–Crippen MR) is 80.4 cm³/mol. The zero-order chi connectivity index (χ0) is 14.0. The van der Waals surface area contributed by atoms with Gasteiger partial charge in [0, 0.05) is 35.6 Å². The molecule has 1 saturated heterocycles. The first kappa shape index (κ1) is 14.7. The van der Waals surface area contributed by atoms with E-state index < -0.39 is 21.3 Å². The Labute approximate surface area is 118 Å². The Morgan fingerprint density at radius 1 is 1.42 bits per heavy atom. The summed E-state index contributed by atoms with van der Waals surface area (Å²) in [7, 11) is -3.14. The van der Waals surface area contributed by atoms with Gasteiger partial charge >= 0.3 is 0 Å². The van der Waals surface area contributed by atoms with Crippen molar-refractivity contribution >= 4 is 27.3 Å². The van der Waals surface area contributed by atoms with Crippen molar-refractivity contribution in [2.45, 2.75) is 18.4 Å². The maximum Gasteiger partial charge on any atom is 0.169 e. The Morgan fingerprint density at radius 2 is 2.11 bits per heavy atom. The monoisotopic (exact) mass is 301 g/mol. The highest BCUT2D eigenvalue weighted by Gasteiger charge is 2.32. The summed E-state index contributed by atoms with van der Waals surface area (Å²) in [4.78, 5) is 1.91. The number of aliphatic hydroxyl groups excluding tert-OH is 1. The molecule has 1 unspecified atom stereocenters. The Kier molecular flexibility index (Phi) is 4.43. The quantitative estimate of drug-likeness (QED) is 0.920. The average Bonchev–Trinajstić information content (AvgIpc) is 2.37. The van der Waals surface area contributed by atoms with Crippen LogP contribution in [0.25, 0.3) is 0 Å². The molecule has 1 heterocycles. The van der Waals surface area contributed by atoms with E-state index in [1.54, 1.807) is 18.7 Å². The van der Waals surface area contributed by atoms with Crippen molar-refractivity contribution in [1.29, 1.82) is 0 Å². The van der Waals surface area contributed by atoms with Crippen molar-refractivity contribution in [2.24, 2.45) is 0 Å². The Balaban J connectivity index is 2.44. The number of thioether (sulfide) groups is 1. The molecule has 106 valence electrons. The second-order valence-corrected chi connectivity index (χ2v) is 8.14. The number of anilines is 1. The average molecular weight is 301 g/mol. The molecule has 0 spiro atoms. The molecule has 0 radical (unpaired) electrons. The van der Waals surface area contributed by atoms with Crippen molar-refractivity contribution in [3.8, 4) is 0 Å². The highest BCUT2D eigenvalue weighted by Crippen LogP contribution is 2.32. The van der Waals surface area contributed by atoms with E-state index in [2.05, 4.69) is 0 Å². The van der Waals surface area contributed by atoms with Crippen LogP contribution in [0.3, 0.4) is 0 Å². The summed E-state index contributed by atoms with van der Waals surface area (Å²) in [6.45, 7) is 2.39. The Bertz CT molecular complexity index is 543. The summed E-state index contributed by atoms with van der Waals surface area (Å²) in [5.74, 6) is 1.48.